The molecule has 0 spiro atoms. The van der Waals surface area contributed by atoms with Crippen LogP contribution in [0.4, 0.5) is 0 Å². The average Bonchev–Trinajstić information content (AvgIpc) is 2.49. The molecule has 4 heteroatoms. The van der Waals surface area contributed by atoms with Crippen LogP contribution >= 0.6 is 15.9 Å². The molecule has 0 unspecified atom stereocenters. The normalized spacial score (nSPS) is 17.6. The van der Waals surface area contributed by atoms with Gasteiger partial charge in [-0.3, -0.25) is 4.79 Å². The molecule has 1 aliphatic rings. The number of aryl methyl sites for hydroxylation is 1. The molecule has 1 N–H and O–H groups in total. The lowest BCUT2D eigenvalue weighted by Gasteiger charge is -2.36. The summed E-state index contributed by atoms with van der Waals surface area (Å²) in [6.07, 6.45) is 4.22. The topological polar surface area (TPSA) is 38.3 Å². The van der Waals surface area contributed by atoms with Crippen molar-refractivity contribution in [2.24, 2.45) is 0 Å². The molecule has 1 saturated heterocycles. The molecule has 1 aliphatic heterocycles. The van der Waals surface area contributed by atoms with Crippen molar-refractivity contribution in [2.45, 2.75) is 37.6 Å². The lowest BCUT2D eigenvalue weighted by atomic mass is 9.92. The van der Waals surface area contributed by atoms with E-state index in [2.05, 4.69) is 33.4 Å². The van der Waals surface area contributed by atoms with E-state index >= 15 is 0 Å². The standard InChI is InChI=1S/C16H22BrNO2/c17-13-16(9-11-20-12-10-16)18-15(19)8-4-7-14-5-2-1-3-6-14/h1-3,5-6H,4,7-13H2,(H,18,19). The highest BCUT2D eigenvalue weighted by Crippen LogP contribution is 2.23. The van der Waals surface area contributed by atoms with E-state index in [0.29, 0.717) is 6.42 Å². The summed E-state index contributed by atoms with van der Waals surface area (Å²) in [5, 5.41) is 4.00. The summed E-state index contributed by atoms with van der Waals surface area (Å²) in [5.74, 6) is 0.155. The summed E-state index contributed by atoms with van der Waals surface area (Å²) in [6, 6.07) is 10.3. The molecule has 2 rings (SSSR count). The molecule has 1 amide bonds. The highest BCUT2D eigenvalue weighted by atomic mass is 79.9. The quantitative estimate of drug-likeness (QED) is 0.809. The van der Waals surface area contributed by atoms with E-state index in [-0.39, 0.29) is 11.4 Å². The Morgan fingerprint density at radius 2 is 1.95 bits per heavy atom. The number of carbonyl (C=O) groups excluding carboxylic acids is 1. The number of carbonyl (C=O) groups is 1. The Balaban J connectivity index is 1.74. The van der Waals surface area contributed by atoms with Gasteiger partial charge in [0.15, 0.2) is 0 Å². The van der Waals surface area contributed by atoms with Crippen LogP contribution in [-0.2, 0) is 16.0 Å². The first-order valence-electron chi connectivity index (χ1n) is 7.23. The fourth-order valence-corrected chi connectivity index (χ4v) is 3.21. The number of ether oxygens (including phenoxy) is 1. The number of alkyl halides is 1. The third kappa shape index (κ3) is 4.60. The monoisotopic (exact) mass is 339 g/mol. The molecular weight excluding hydrogens is 318 g/mol. The molecule has 1 aromatic carbocycles. The van der Waals surface area contributed by atoms with Crippen LogP contribution in [0.15, 0.2) is 30.3 Å². The Labute approximate surface area is 129 Å². The number of halogens is 1. The van der Waals surface area contributed by atoms with Gasteiger partial charge in [0.05, 0.1) is 5.54 Å². The van der Waals surface area contributed by atoms with E-state index in [9.17, 15) is 4.79 Å². The van der Waals surface area contributed by atoms with Gasteiger partial charge >= 0.3 is 0 Å². The van der Waals surface area contributed by atoms with E-state index in [4.69, 9.17) is 4.74 Å². The number of benzene rings is 1. The Hall–Kier alpha value is -0.870. The molecule has 0 bridgehead atoms. The molecule has 1 aromatic rings. The summed E-state index contributed by atoms with van der Waals surface area (Å²) in [5.41, 5.74) is 1.18. The van der Waals surface area contributed by atoms with Crippen molar-refractivity contribution in [2.75, 3.05) is 18.5 Å². The highest BCUT2D eigenvalue weighted by molar-refractivity contribution is 9.09. The Kier molecular flexibility index (Phi) is 6.05. The molecule has 0 aliphatic carbocycles. The molecule has 110 valence electrons. The van der Waals surface area contributed by atoms with E-state index in [1.54, 1.807) is 0 Å². The van der Waals surface area contributed by atoms with Gasteiger partial charge in [0.25, 0.3) is 0 Å². The SMILES string of the molecule is O=C(CCCc1ccccc1)NC1(CBr)CCOCC1. The first-order chi connectivity index (χ1) is 9.74. The molecule has 3 nitrogen and oxygen atoms in total. The van der Waals surface area contributed by atoms with Gasteiger partial charge in [-0.15, -0.1) is 0 Å². The Bertz CT molecular complexity index is 416. The van der Waals surface area contributed by atoms with Crippen molar-refractivity contribution in [1.82, 2.24) is 5.32 Å². The minimum absolute atomic E-state index is 0.109. The summed E-state index contributed by atoms with van der Waals surface area (Å²) in [4.78, 5) is 12.1. The molecule has 1 fully saturated rings. The van der Waals surface area contributed by atoms with Crippen molar-refractivity contribution < 1.29 is 9.53 Å². The van der Waals surface area contributed by atoms with Gasteiger partial charge in [-0.1, -0.05) is 46.3 Å². The number of hydrogen-bond donors (Lipinski definition) is 1. The minimum atomic E-state index is -0.109. The van der Waals surface area contributed by atoms with Crippen molar-refractivity contribution in [3.05, 3.63) is 35.9 Å². The van der Waals surface area contributed by atoms with Gasteiger partial charge in [0.2, 0.25) is 5.91 Å². The zero-order chi connectivity index (χ0) is 14.3. The minimum Gasteiger partial charge on any atom is -0.381 e. The lowest BCUT2D eigenvalue weighted by Crippen LogP contribution is -2.53. The molecule has 20 heavy (non-hydrogen) atoms. The van der Waals surface area contributed by atoms with Gasteiger partial charge in [-0.2, -0.15) is 0 Å². The van der Waals surface area contributed by atoms with Crippen LogP contribution in [-0.4, -0.2) is 30.0 Å². The molecule has 1 heterocycles. The second-order valence-electron chi connectivity index (χ2n) is 5.41. The maximum Gasteiger partial charge on any atom is 0.220 e. The van der Waals surface area contributed by atoms with Gasteiger partial charge in [-0.05, 0) is 31.2 Å². The maximum atomic E-state index is 12.1. The zero-order valence-corrected chi connectivity index (χ0v) is 13.3. The van der Waals surface area contributed by atoms with Crippen molar-refractivity contribution in [3.63, 3.8) is 0 Å². The highest BCUT2D eigenvalue weighted by Gasteiger charge is 2.32. The number of rotatable bonds is 6. The predicted octanol–water partition coefficient (Wildman–Crippen LogP) is 3.07. The fraction of sp³-hybridized carbons (Fsp3) is 0.562. The average molecular weight is 340 g/mol. The maximum absolute atomic E-state index is 12.1. The van der Waals surface area contributed by atoms with Crippen LogP contribution in [0, 0.1) is 0 Å². The Morgan fingerprint density at radius 1 is 1.25 bits per heavy atom. The van der Waals surface area contributed by atoms with Gasteiger partial charge in [0, 0.05) is 25.0 Å². The number of amides is 1. The van der Waals surface area contributed by atoms with Gasteiger partial charge in [0.1, 0.15) is 0 Å². The third-order valence-electron chi connectivity index (χ3n) is 3.82. The summed E-state index contributed by atoms with van der Waals surface area (Å²) in [6.45, 7) is 1.46. The van der Waals surface area contributed by atoms with E-state index in [0.717, 1.165) is 44.2 Å². The van der Waals surface area contributed by atoms with E-state index in [1.807, 2.05) is 18.2 Å². The van der Waals surface area contributed by atoms with Crippen LogP contribution in [0.2, 0.25) is 0 Å². The van der Waals surface area contributed by atoms with Crippen LogP contribution < -0.4 is 5.32 Å². The smallest absolute Gasteiger partial charge is 0.220 e. The summed E-state index contributed by atoms with van der Waals surface area (Å²) < 4.78 is 5.37. The van der Waals surface area contributed by atoms with E-state index < -0.39 is 0 Å². The van der Waals surface area contributed by atoms with Crippen molar-refractivity contribution in [1.29, 1.82) is 0 Å². The van der Waals surface area contributed by atoms with Gasteiger partial charge < -0.3 is 10.1 Å². The second-order valence-corrected chi connectivity index (χ2v) is 5.97. The first kappa shape index (κ1) is 15.5. The zero-order valence-electron chi connectivity index (χ0n) is 11.7. The summed E-state index contributed by atoms with van der Waals surface area (Å²) >= 11 is 3.53. The van der Waals surface area contributed by atoms with Crippen molar-refractivity contribution in [3.8, 4) is 0 Å². The molecule has 0 atom stereocenters. The van der Waals surface area contributed by atoms with Crippen LogP contribution in [0.5, 0.6) is 0 Å². The van der Waals surface area contributed by atoms with Gasteiger partial charge in [-0.25, -0.2) is 0 Å². The predicted molar refractivity (Wildman–Crippen MR) is 84.1 cm³/mol. The lowest BCUT2D eigenvalue weighted by molar-refractivity contribution is -0.123. The van der Waals surface area contributed by atoms with Crippen LogP contribution in [0.3, 0.4) is 0 Å². The summed E-state index contributed by atoms with van der Waals surface area (Å²) in [7, 11) is 0. The van der Waals surface area contributed by atoms with Crippen LogP contribution in [0.25, 0.3) is 0 Å². The van der Waals surface area contributed by atoms with Crippen molar-refractivity contribution >= 4 is 21.8 Å². The second kappa shape index (κ2) is 7.79. The molecular formula is C16H22BrNO2. The van der Waals surface area contributed by atoms with E-state index in [1.165, 1.54) is 5.56 Å². The number of nitrogens with one attached hydrogen (secondary N) is 1. The molecule has 0 saturated carbocycles. The number of hydrogen-bond acceptors (Lipinski definition) is 2. The largest absolute Gasteiger partial charge is 0.381 e. The fourth-order valence-electron chi connectivity index (χ4n) is 2.51. The van der Waals surface area contributed by atoms with Crippen LogP contribution in [0.1, 0.15) is 31.2 Å². The molecule has 0 radical (unpaired) electrons. The Morgan fingerprint density at radius 3 is 2.60 bits per heavy atom. The first-order valence-corrected chi connectivity index (χ1v) is 8.35. The third-order valence-corrected chi connectivity index (χ3v) is 4.90. The molecule has 0 aromatic heterocycles.